The number of aryl methyl sites for hydroxylation is 2. The minimum Gasteiger partial charge on any atom is -0.497 e. The number of carbonyl (C=O) groups excluding carboxylic acids is 2. The van der Waals surface area contributed by atoms with E-state index in [1.54, 1.807) is 30.3 Å². The Labute approximate surface area is 245 Å². The van der Waals surface area contributed by atoms with Crippen molar-refractivity contribution in [2.75, 3.05) is 26.7 Å². The van der Waals surface area contributed by atoms with Crippen molar-refractivity contribution < 1.29 is 40.7 Å². The Morgan fingerprint density at radius 1 is 0.860 bits per heavy atom. The van der Waals surface area contributed by atoms with E-state index in [2.05, 4.69) is 0 Å². The van der Waals surface area contributed by atoms with E-state index in [1.165, 1.54) is 23.0 Å². The second kappa shape index (κ2) is 12.5. The first-order valence-corrected chi connectivity index (χ1v) is 13.4. The van der Waals surface area contributed by atoms with Crippen molar-refractivity contribution in [3.63, 3.8) is 0 Å². The molecule has 2 amide bonds. The lowest BCUT2D eigenvalue weighted by Crippen LogP contribution is -2.57. The molecule has 1 fully saturated rings. The van der Waals surface area contributed by atoms with Gasteiger partial charge in [-0.3, -0.25) is 9.59 Å². The zero-order chi connectivity index (χ0) is 31.5. The van der Waals surface area contributed by atoms with Gasteiger partial charge in [0.2, 0.25) is 5.91 Å². The maximum absolute atomic E-state index is 13.6. The van der Waals surface area contributed by atoms with Crippen LogP contribution in [-0.2, 0) is 23.6 Å². The van der Waals surface area contributed by atoms with Gasteiger partial charge in [0.1, 0.15) is 5.75 Å². The average molecular weight is 605 g/mol. The fourth-order valence-corrected chi connectivity index (χ4v) is 4.93. The molecule has 1 atom stereocenters. The molecule has 0 saturated carbocycles. The first kappa shape index (κ1) is 31.7. The van der Waals surface area contributed by atoms with Crippen molar-refractivity contribution in [3.8, 4) is 5.75 Å². The summed E-state index contributed by atoms with van der Waals surface area (Å²) in [5.41, 5.74) is -0.263. The molecule has 5 nitrogen and oxygen atoms in total. The van der Waals surface area contributed by atoms with Crippen LogP contribution in [0.3, 0.4) is 0 Å². The van der Waals surface area contributed by atoms with Gasteiger partial charge >= 0.3 is 12.4 Å². The number of benzene rings is 3. The number of rotatable bonds is 6. The molecular weight excluding hydrogens is 574 g/mol. The Morgan fingerprint density at radius 3 is 2.05 bits per heavy atom. The lowest BCUT2D eigenvalue weighted by Gasteiger charge is -2.41. The van der Waals surface area contributed by atoms with E-state index in [0.717, 1.165) is 22.3 Å². The van der Waals surface area contributed by atoms with Crippen LogP contribution in [0, 0.1) is 13.8 Å². The van der Waals surface area contributed by atoms with Gasteiger partial charge in [-0.1, -0.05) is 30.3 Å². The number of halogens is 6. The molecule has 1 saturated heterocycles. The Hall–Kier alpha value is -4.28. The molecule has 1 aliphatic rings. The van der Waals surface area contributed by atoms with Crippen molar-refractivity contribution in [1.82, 2.24) is 9.80 Å². The number of amides is 2. The molecule has 228 valence electrons. The highest BCUT2D eigenvalue weighted by atomic mass is 19.4. The minimum absolute atomic E-state index is 0.00486. The van der Waals surface area contributed by atoms with Crippen LogP contribution < -0.4 is 4.74 Å². The van der Waals surface area contributed by atoms with Crippen molar-refractivity contribution >= 4 is 17.9 Å². The number of alkyl halides is 6. The largest absolute Gasteiger partial charge is 0.497 e. The van der Waals surface area contributed by atoms with Crippen molar-refractivity contribution in [1.29, 1.82) is 0 Å². The maximum atomic E-state index is 13.6. The van der Waals surface area contributed by atoms with E-state index in [1.807, 2.05) is 32.0 Å². The average Bonchev–Trinajstić information content (AvgIpc) is 2.96. The smallest absolute Gasteiger partial charge is 0.416 e. The predicted molar refractivity (Wildman–Crippen MR) is 149 cm³/mol. The van der Waals surface area contributed by atoms with E-state index in [0.29, 0.717) is 17.9 Å². The number of carbonyl (C=O) groups is 2. The molecule has 1 heterocycles. The van der Waals surface area contributed by atoms with Gasteiger partial charge in [-0.25, -0.2) is 0 Å². The highest BCUT2D eigenvalue weighted by molar-refractivity contribution is 5.96. The Bertz CT molecular complexity index is 1480. The van der Waals surface area contributed by atoms with Crippen LogP contribution >= 0.6 is 0 Å². The van der Waals surface area contributed by atoms with Crippen LogP contribution in [0.15, 0.2) is 66.7 Å². The molecule has 3 aromatic rings. The fraction of sp³-hybridized carbons (Fsp3) is 0.312. The summed E-state index contributed by atoms with van der Waals surface area (Å²) >= 11 is 0. The molecular formula is C32H30F6N2O3. The zero-order valence-corrected chi connectivity index (χ0v) is 23.7. The second-order valence-electron chi connectivity index (χ2n) is 10.5. The number of ether oxygens (including phenoxy) is 1. The van der Waals surface area contributed by atoms with Crippen LogP contribution in [-0.4, -0.2) is 54.4 Å². The Kier molecular flexibility index (Phi) is 9.22. The molecule has 1 aliphatic heterocycles. The third-order valence-corrected chi connectivity index (χ3v) is 7.47. The lowest BCUT2D eigenvalue weighted by atomic mass is 9.97. The van der Waals surface area contributed by atoms with E-state index in [-0.39, 0.29) is 38.0 Å². The second-order valence-corrected chi connectivity index (χ2v) is 10.5. The summed E-state index contributed by atoms with van der Waals surface area (Å²) in [7, 11) is 1.54. The Morgan fingerprint density at radius 2 is 1.49 bits per heavy atom. The van der Waals surface area contributed by atoms with Crippen LogP contribution in [0.25, 0.3) is 6.08 Å². The van der Waals surface area contributed by atoms with Gasteiger partial charge in [0.25, 0.3) is 5.91 Å². The summed E-state index contributed by atoms with van der Waals surface area (Å²) in [6.45, 7) is 3.84. The summed E-state index contributed by atoms with van der Waals surface area (Å²) in [5, 5.41) is 0. The molecule has 4 rings (SSSR count). The minimum atomic E-state index is -5.09. The zero-order valence-electron chi connectivity index (χ0n) is 23.7. The highest BCUT2D eigenvalue weighted by Gasteiger charge is 2.39. The molecule has 0 spiro atoms. The van der Waals surface area contributed by atoms with Crippen molar-refractivity contribution in [2.45, 2.75) is 38.7 Å². The van der Waals surface area contributed by atoms with Crippen LogP contribution in [0.1, 0.15) is 43.7 Å². The molecule has 43 heavy (non-hydrogen) atoms. The van der Waals surface area contributed by atoms with Gasteiger partial charge in [-0.15, -0.1) is 0 Å². The van der Waals surface area contributed by atoms with E-state index in [9.17, 15) is 35.9 Å². The van der Waals surface area contributed by atoms with Gasteiger partial charge in [-0.05, 0) is 78.9 Å². The molecule has 1 unspecified atom stereocenters. The predicted octanol–water partition coefficient (Wildman–Crippen LogP) is 6.96. The molecule has 0 aromatic heterocycles. The lowest BCUT2D eigenvalue weighted by molar-refractivity contribution is -0.143. The standard InChI is InChI=1S/C32H30F6N2O3/c1-20-4-5-23(14-21(20)2)15-27-19-39(29(41)11-8-22-6-9-28(43-3)10-7-22)12-13-40(27)30(42)24-16-25(31(33,34)35)18-26(17-24)32(36,37)38/h4-11,14,16-18,27H,12-13,15,19H2,1-3H3. The normalized spacial score (nSPS) is 16.1. The number of hydrogen-bond donors (Lipinski definition) is 0. The van der Waals surface area contributed by atoms with Gasteiger partial charge in [0.15, 0.2) is 0 Å². The van der Waals surface area contributed by atoms with E-state index < -0.39 is 41.0 Å². The topological polar surface area (TPSA) is 49.9 Å². The third-order valence-electron chi connectivity index (χ3n) is 7.47. The van der Waals surface area contributed by atoms with Crippen LogP contribution in [0.2, 0.25) is 0 Å². The quantitative estimate of drug-likeness (QED) is 0.226. The van der Waals surface area contributed by atoms with Gasteiger partial charge < -0.3 is 14.5 Å². The third kappa shape index (κ3) is 7.77. The summed E-state index contributed by atoms with van der Waals surface area (Å²) in [6.07, 6.45) is -6.93. The first-order chi connectivity index (χ1) is 20.2. The monoisotopic (exact) mass is 604 g/mol. The molecule has 0 N–H and O–H groups in total. The van der Waals surface area contributed by atoms with E-state index in [4.69, 9.17) is 4.74 Å². The number of methoxy groups -OCH3 is 1. The number of piperazine rings is 1. The van der Waals surface area contributed by atoms with Gasteiger partial charge in [0.05, 0.1) is 24.3 Å². The molecule has 0 bridgehead atoms. The summed E-state index contributed by atoms with van der Waals surface area (Å²) in [5.74, 6) is -0.653. The number of hydrogen-bond acceptors (Lipinski definition) is 3. The van der Waals surface area contributed by atoms with Crippen LogP contribution in [0.4, 0.5) is 26.3 Å². The SMILES string of the molecule is COc1ccc(C=CC(=O)N2CCN(C(=O)c3cc(C(F)(F)F)cc(C(F)(F)F)c3)C(Cc3ccc(C)c(C)c3)C2)cc1. The fourth-order valence-electron chi connectivity index (χ4n) is 4.93. The summed E-state index contributed by atoms with van der Waals surface area (Å²) in [6, 6.07) is 12.9. The van der Waals surface area contributed by atoms with E-state index >= 15 is 0 Å². The Balaban J connectivity index is 1.64. The number of nitrogens with zero attached hydrogens (tertiary/aromatic N) is 2. The summed E-state index contributed by atoms with van der Waals surface area (Å²) < 4.78 is 86.1. The molecule has 0 aliphatic carbocycles. The first-order valence-electron chi connectivity index (χ1n) is 13.4. The maximum Gasteiger partial charge on any atom is 0.416 e. The van der Waals surface area contributed by atoms with Gasteiger partial charge in [0, 0.05) is 31.3 Å². The molecule has 3 aromatic carbocycles. The highest BCUT2D eigenvalue weighted by Crippen LogP contribution is 2.37. The van der Waals surface area contributed by atoms with Gasteiger partial charge in [-0.2, -0.15) is 26.3 Å². The molecule has 0 radical (unpaired) electrons. The van der Waals surface area contributed by atoms with Crippen molar-refractivity contribution in [2.24, 2.45) is 0 Å². The molecule has 11 heteroatoms. The summed E-state index contributed by atoms with van der Waals surface area (Å²) in [4.78, 5) is 29.5. The van der Waals surface area contributed by atoms with Crippen LogP contribution in [0.5, 0.6) is 5.75 Å². The van der Waals surface area contributed by atoms with Crippen molar-refractivity contribution in [3.05, 3.63) is 106 Å².